The number of ether oxygens (including phenoxy) is 1. The zero-order valence-corrected chi connectivity index (χ0v) is 18.6. The Balaban J connectivity index is 1.98. The second-order valence-electron chi connectivity index (χ2n) is 7.00. The quantitative estimate of drug-likeness (QED) is 0.208. The Bertz CT molecular complexity index is 1170. The maximum Gasteiger partial charge on any atom is 0.416 e. The van der Waals surface area contributed by atoms with Crippen LogP contribution in [-0.4, -0.2) is 17.2 Å². The number of hydrogen-bond donors (Lipinski definition) is 1. The smallest absolute Gasteiger partial charge is 0.416 e. The number of anilines is 1. The van der Waals surface area contributed by atoms with Gasteiger partial charge in [-0.2, -0.15) is 26.3 Å². The van der Waals surface area contributed by atoms with E-state index >= 15 is 0 Å². The number of hydrogen-bond acceptors (Lipinski definition) is 2. The van der Waals surface area contributed by atoms with Crippen LogP contribution in [0.15, 0.2) is 59.4 Å². The normalized spacial score (nSPS) is 12.5. The van der Waals surface area contributed by atoms with Gasteiger partial charge in [0, 0.05) is 28.2 Å². The molecule has 0 atom stereocenters. The predicted octanol–water partition coefficient (Wildman–Crippen LogP) is 7.61. The molecular weight excluding hydrogens is 518 g/mol. The first kappa shape index (κ1) is 24.7. The van der Waals surface area contributed by atoms with Crippen molar-refractivity contribution in [3.8, 4) is 0 Å². The summed E-state index contributed by atoms with van der Waals surface area (Å²) >= 11 is 3.35. The van der Waals surface area contributed by atoms with E-state index in [0.717, 1.165) is 9.04 Å². The van der Waals surface area contributed by atoms with Gasteiger partial charge in [-0.05, 0) is 48.9 Å². The molecule has 3 rings (SSSR count). The molecule has 176 valence electrons. The molecule has 4 nitrogen and oxygen atoms in total. The molecule has 0 saturated heterocycles. The van der Waals surface area contributed by atoms with Crippen molar-refractivity contribution in [2.75, 3.05) is 11.9 Å². The number of fused-ring (bicyclic) bond motifs is 1. The van der Waals surface area contributed by atoms with Crippen molar-refractivity contribution >= 4 is 38.6 Å². The third-order valence-electron chi connectivity index (χ3n) is 4.63. The molecule has 0 fully saturated rings. The average molecular weight is 535 g/mol. The first-order valence-electron chi connectivity index (χ1n) is 9.53. The summed E-state index contributed by atoms with van der Waals surface area (Å²) in [6, 6.07) is 5.05. The maximum atomic E-state index is 13.1. The lowest BCUT2D eigenvalue weighted by Crippen LogP contribution is -2.20. The van der Waals surface area contributed by atoms with E-state index in [0.29, 0.717) is 41.6 Å². The summed E-state index contributed by atoms with van der Waals surface area (Å²) < 4.78 is 85.9. The fourth-order valence-electron chi connectivity index (χ4n) is 3.18. The Kier molecular flexibility index (Phi) is 7.11. The van der Waals surface area contributed by atoms with Crippen LogP contribution in [0, 0.1) is 0 Å². The number of halogens is 7. The molecule has 11 heteroatoms. The predicted molar refractivity (Wildman–Crippen MR) is 115 cm³/mol. The van der Waals surface area contributed by atoms with E-state index in [1.54, 1.807) is 31.2 Å². The molecule has 0 aliphatic rings. The second kappa shape index (κ2) is 9.50. The molecule has 2 aromatic carbocycles. The molecule has 0 spiro atoms. The molecule has 0 aliphatic heterocycles. The van der Waals surface area contributed by atoms with Crippen molar-refractivity contribution in [1.29, 1.82) is 0 Å². The highest BCUT2D eigenvalue weighted by molar-refractivity contribution is 9.10. The minimum Gasteiger partial charge on any atom is -0.501 e. The lowest BCUT2D eigenvalue weighted by molar-refractivity contribution is -0.143. The van der Waals surface area contributed by atoms with Gasteiger partial charge in [0.15, 0.2) is 0 Å². The van der Waals surface area contributed by atoms with Crippen LogP contribution in [0.1, 0.15) is 23.6 Å². The van der Waals surface area contributed by atoms with Gasteiger partial charge >= 0.3 is 18.4 Å². The van der Waals surface area contributed by atoms with E-state index in [9.17, 15) is 31.1 Å². The van der Waals surface area contributed by atoms with Crippen LogP contribution in [0.2, 0.25) is 0 Å². The van der Waals surface area contributed by atoms with Gasteiger partial charge < -0.3 is 10.1 Å². The van der Waals surface area contributed by atoms with Gasteiger partial charge in [0.25, 0.3) is 0 Å². The number of nitrogens with one attached hydrogen (secondary N) is 1. The third-order valence-corrected chi connectivity index (χ3v) is 5.12. The standard InChI is InChI=1S/C22H17BrF6N2O2/c1-2-6-33-7-5-13-12-31(19-4-3-16(23)11-18(13)19)20(32)30-17-9-14(21(24,25)26)8-15(10-17)22(27,28)29/h2-4,6,8-12H,5,7H2,1H3,(H,30,32)/b6-2-. The highest BCUT2D eigenvalue weighted by atomic mass is 79.9. The summed E-state index contributed by atoms with van der Waals surface area (Å²) in [7, 11) is 0. The zero-order chi connectivity index (χ0) is 24.4. The van der Waals surface area contributed by atoms with Crippen LogP contribution in [0.5, 0.6) is 0 Å². The summed E-state index contributed by atoms with van der Waals surface area (Å²) in [5.74, 6) is 0. The van der Waals surface area contributed by atoms with E-state index in [4.69, 9.17) is 4.74 Å². The van der Waals surface area contributed by atoms with E-state index in [1.165, 1.54) is 12.5 Å². The summed E-state index contributed by atoms with van der Waals surface area (Å²) in [4.78, 5) is 12.9. The van der Waals surface area contributed by atoms with Crippen LogP contribution >= 0.6 is 15.9 Å². The molecule has 1 aromatic heterocycles. The Hall–Kier alpha value is -2.95. The van der Waals surface area contributed by atoms with Gasteiger partial charge in [-0.15, -0.1) is 0 Å². The van der Waals surface area contributed by atoms with Gasteiger partial charge in [-0.1, -0.05) is 22.0 Å². The number of benzene rings is 2. The summed E-state index contributed by atoms with van der Waals surface area (Å²) in [6.07, 6.45) is -4.94. The van der Waals surface area contributed by atoms with Crippen molar-refractivity contribution in [1.82, 2.24) is 4.57 Å². The SMILES string of the molecule is C/C=C\OCCc1cn(C(=O)Nc2cc(C(F)(F)F)cc(C(F)(F)F)c2)c2ccc(Br)cc12. The van der Waals surface area contributed by atoms with Gasteiger partial charge in [-0.3, -0.25) is 4.57 Å². The number of aromatic nitrogens is 1. The van der Waals surface area contributed by atoms with Crippen LogP contribution in [-0.2, 0) is 23.5 Å². The van der Waals surface area contributed by atoms with Crippen molar-refractivity contribution < 1.29 is 35.9 Å². The van der Waals surface area contributed by atoms with Crippen molar-refractivity contribution in [3.63, 3.8) is 0 Å². The van der Waals surface area contributed by atoms with Gasteiger partial charge in [0.05, 0.1) is 29.5 Å². The molecule has 33 heavy (non-hydrogen) atoms. The van der Waals surface area contributed by atoms with Gasteiger partial charge in [-0.25, -0.2) is 4.79 Å². The number of carbonyl (C=O) groups is 1. The molecule has 0 unspecified atom stereocenters. The number of alkyl halides is 6. The van der Waals surface area contributed by atoms with Crippen LogP contribution in [0.25, 0.3) is 10.9 Å². The second-order valence-corrected chi connectivity index (χ2v) is 7.92. The molecule has 1 heterocycles. The zero-order valence-electron chi connectivity index (χ0n) is 17.0. The first-order valence-corrected chi connectivity index (χ1v) is 10.3. The fraction of sp³-hybridized carbons (Fsp3) is 0.227. The van der Waals surface area contributed by atoms with Crippen molar-refractivity contribution in [3.05, 3.63) is 76.1 Å². The number of rotatable bonds is 5. The highest BCUT2D eigenvalue weighted by Crippen LogP contribution is 2.37. The first-order chi connectivity index (χ1) is 15.4. The van der Waals surface area contributed by atoms with Crippen molar-refractivity contribution in [2.24, 2.45) is 0 Å². The minimum absolute atomic E-state index is 0.00109. The summed E-state index contributed by atoms with van der Waals surface area (Å²) in [6.45, 7) is 2.09. The lowest BCUT2D eigenvalue weighted by Gasteiger charge is -2.15. The number of carbonyl (C=O) groups excluding carboxylic acids is 1. The largest absolute Gasteiger partial charge is 0.501 e. The van der Waals surface area contributed by atoms with Crippen molar-refractivity contribution in [2.45, 2.75) is 25.7 Å². The van der Waals surface area contributed by atoms with Crippen LogP contribution in [0.4, 0.5) is 36.8 Å². The molecule has 3 aromatic rings. The van der Waals surface area contributed by atoms with E-state index in [2.05, 4.69) is 21.2 Å². The fourth-order valence-corrected chi connectivity index (χ4v) is 3.54. The Labute approximate surface area is 193 Å². The molecule has 0 saturated carbocycles. The maximum absolute atomic E-state index is 13.1. The number of nitrogens with zero attached hydrogens (tertiary/aromatic N) is 1. The van der Waals surface area contributed by atoms with Crippen LogP contribution < -0.4 is 5.32 Å². The number of amides is 1. The highest BCUT2D eigenvalue weighted by Gasteiger charge is 2.37. The molecule has 0 radical (unpaired) electrons. The molecule has 0 bridgehead atoms. The Morgan fingerprint density at radius 1 is 1.06 bits per heavy atom. The summed E-state index contributed by atoms with van der Waals surface area (Å²) in [5, 5.41) is 2.83. The monoisotopic (exact) mass is 534 g/mol. The van der Waals surface area contributed by atoms with E-state index in [1.807, 2.05) is 0 Å². The summed E-state index contributed by atoms with van der Waals surface area (Å²) in [5.41, 5.74) is -2.52. The van der Waals surface area contributed by atoms with Gasteiger partial charge in [0.1, 0.15) is 0 Å². The van der Waals surface area contributed by atoms with Crippen LogP contribution in [0.3, 0.4) is 0 Å². The molecular formula is C22H17BrF6N2O2. The van der Waals surface area contributed by atoms with E-state index in [-0.39, 0.29) is 6.07 Å². The Morgan fingerprint density at radius 3 is 2.27 bits per heavy atom. The average Bonchev–Trinajstić information content (AvgIpc) is 3.07. The third kappa shape index (κ3) is 5.89. The molecule has 0 aliphatic carbocycles. The van der Waals surface area contributed by atoms with E-state index < -0.39 is 35.2 Å². The van der Waals surface area contributed by atoms with Gasteiger partial charge in [0.2, 0.25) is 0 Å². The minimum atomic E-state index is -5.02. The molecule has 1 amide bonds. The lowest BCUT2D eigenvalue weighted by atomic mass is 10.1. The molecule has 1 N–H and O–H groups in total. The Morgan fingerprint density at radius 2 is 1.70 bits per heavy atom. The topological polar surface area (TPSA) is 43.3 Å². The number of allylic oxidation sites excluding steroid dienone is 1.